The van der Waals surface area contributed by atoms with Crippen molar-refractivity contribution in [3.63, 3.8) is 0 Å². The molecule has 0 atom stereocenters. The van der Waals surface area contributed by atoms with E-state index in [4.69, 9.17) is 9.72 Å². The van der Waals surface area contributed by atoms with Crippen LogP contribution in [0.3, 0.4) is 0 Å². The van der Waals surface area contributed by atoms with E-state index < -0.39 is 0 Å². The average molecular weight is 296 g/mol. The van der Waals surface area contributed by atoms with Crippen molar-refractivity contribution >= 4 is 10.9 Å². The van der Waals surface area contributed by atoms with Gasteiger partial charge in [-0.2, -0.15) is 0 Å². The summed E-state index contributed by atoms with van der Waals surface area (Å²) in [6, 6.07) is 22.4. The van der Waals surface area contributed by atoms with Crippen LogP contribution in [-0.2, 0) is 0 Å². The maximum absolute atomic E-state index is 5.87. The number of benzene rings is 2. The quantitative estimate of drug-likeness (QED) is 0.456. The number of hydrogen-bond donors (Lipinski definition) is 0. The first-order chi connectivity index (χ1) is 11.4. The van der Waals surface area contributed by atoms with Crippen LogP contribution >= 0.6 is 0 Å². The van der Waals surface area contributed by atoms with Crippen LogP contribution < -0.4 is 4.74 Å². The van der Waals surface area contributed by atoms with Gasteiger partial charge in [-0.15, -0.1) is 0 Å². The van der Waals surface area contributed by atoms with E-state index in [0.29, 0.717) is 5.88 Å². The van der Waals surface area contributed by atoms with Crippen molar-refractivity contribution in [2.24, 2.45) is 0 Å². The fraction of sp³-hybridized carbons (Fsp3) is 0. The molecular weight excluding hydrogens is 284 g/mol. The normalized spacial score (nSPS) is 11.8. The molecule has 5 rings (SSSR count). The fourth-order valence-corrected chi connectivity index (χ4v) is 3.06. The second-order valence-electron chi connectivity index (χ2n) is 5.51. The Morgan fingerprint density at radius 2 is 1.43 bits per heavy atom. The molecule has 0 bridgehead atoms. The van der Waals surface area contributed by atoms with Crippen LogP contribution in [0.2, 0.25) is 0 Å². The molecule has 0 saturated heterocycles. The van der Waals surface area contributed by atoms with Crippen molar-refractivity contribution in [1.29, 1.82) is 0 Å². The zero-order valence-electron chi connectivity index (χ0n) is 12.2. The second kappa shape index (κ2) is 4.65. The summed E-state index contributed by atoms with van der Waals surface area (Å²) >= 11 is 0. The Morgan fingerprint density at radius 3 is 2.17 bits per heavy atom. The largest absolute Gasteiger partial charge is 0.436 e. The minimum absolute atomic E-state index is 0.668. The van der Waals surface area contributed by atoms with Crippen molar-refractivity contribution in [2.45, 2.75) is 0 Å². The van der Waals surface area contributed by atoms with Gasteiger partial charge in [-0.1, -0.05) is 60.7 Å². The van der Waals surface area contributed by atoms with Gasteiger partial charge in [-0.3, -0.25) is 0 Å². The van der Waals surface area contributed by atoms with Gasteiger partial charge >= 0.3 is 0 Å². The fourth-order valence-electron chi connectivity index (χ4n) is 3.06. The second-order valence-corrected chi connectivity index (χ2v) is 5.51. The van der Waals surface area contributed by atoms with Gasteiger partial charge in [0.05, 0.1) is 16.8 Å². The highest BCUT2D eigenvalue weighted by molar-refractivity contribution is 6.04. The van der Waals surface area contributed by atoms with Crippen LogP contribution in [0.5, 0.6) is 11.6 Å². The highest BCUT2D eigenvalue weighted by Crippen LogP contribution is 2.52. The molecule has 2 aromatic carbocycles. The molecule has 3 nitrogen and oxygen atoms in total. The topological polar surface area (TPSA) is 35.0 Å². The number of aromatic nitrogens is 2. The molecule has 23 heavy (non-hydrogen) atoms. The van der Waals surface area contributed by atoms with Crippen LogP contribution in [0.25, 0.3) is 33.3 Å². The Bertz CT molecular complexity index is 1030. The molecule has 108 valence electrons. The molecule has 0 spiro atoms. The maximum atomic E-state index is 5.87. The number of pyridine rings is 2. The predicted molar refractivity (Wildman–Crippen MR) is 90.5 cm³/mol. The monoisotopic (exact) mass is 296 g/mol. The lowest BCUT2D eigenvalue weighted by Crippen LogP contribution is -2.05. The highest BCUT2D eigenvalue weighted by Gasteiger charge is 2.29. The first-order valence-electron chi connectivity index (χ1n) is 7.53. The smallest absolute Gasteiger partial charge is 0.232 e. The SMILES string of the molecule is c1ccc(-c2nc3ccnc4c3c(c2-c2ccccc2)O4)cc1. The number of nitrogens with zero attached hydrogens (tertiary/aromatic N) is 2. The van der Waals surface area contributed by atoms with E-state index in [1.807, 2.05) is 42.5 Å². The first-order valence-corrected chi connectivity index (χ1v) is 7.53. The van der Waals surface area contributed by atoms with E-state index in [2.05, 4.69) is 29.2 Å². The van der Waals surface area contributed by atoms with Gasteiger partial charge in [0, 0.05) is 11.8 Å². The molecular formula is C20H12N2O. The van der Waals surface area contributed by atoms with Crippen LogP contribution in [0.15, 0.2) is 72.9 Å². The average Bonchev–Trinajstić information content (AvgIpc) is 2.60. The van der Waals surface area contributed by atoms with Crippen molar-refractivity contribution in [3.05, 3.63) is 72.9 Å². The summed E-state index contributed by atoms with van der Waals surface area (Å²) in [6.45, 7) is 0. The van der Waals surface area contributed by atoms with Crippen LogP contribution in [-0.4, -0.2) is 9.97 Å². The van der Waals surface area contributed by atoms with Crippen LogP contribution in [0.1, 0.15) is 0 Å². The van der Waals surface area contributed by atoms with Gasteiger partial charge < -0.3 is 4.74 Å². The molecule has 4 aromatic rings. The summed E-state index contributed by atoms with van der Waals surface area (Å²) in [5.74, 6) is 1.55. The zero-order valence-corrected chi connectivity index (χ0v) is 12.2. The predicted octanol–water partition coefficient (Wildman–Crippen LogP) is 5.07. The number of hydrogen-bond acceptors (Lipinski definition) is 3. The Labute approximate surface area is 133 Å². The Kier molecular flexibility index (Phi) is 2.50. The van der Waals surface area contributed by atoms with Gasteiger partial charge in [-0.25, -0.2) is 9.97 Å². The highest BCUT2D eigenvalue weighted by atomic mass is 16.5. The molecule has 0 fully saturated rings. The van der Waals surface area contributed by atoms with Gasteiger partial charge in [0.1, 0.15) is 5.39 Å². The first kappa shape index (κ1) is 12.4. The van der Waals surface area contributed by atoms with Crippen molar-refractivity contribution in [1.82, 2.24) is 9.97 Å². The van der Waals surface area contributed by atoms with Gasteiger partial charge in [0.2, 0.25) is 5.88 Å². The summed E-state index contributed by atoms with van der Waals surface area (Å²) in [6.07, 6.45) is 1.74. The van der Waals surface area contributed by atoms with Crippen LogP contribution in [0, 0.1) is 0 Å². The van der Waals surface area contributed by atoms with Crippen molar-refractivity contribution in [3.8, 4) is 34.0 Å². The van der Waals surface area contributed by atoms with E-state index in [1.54, 1.807) is 6.20 Å². The van der Waals surface area contributed by atoms with E-state index in [-0.39, 0.29) is 0 Å². The van der Waals surface area contributed by atoms with E-state index >= 15 is 0 Å². The number of ether oxygens (including phenoxy) is 1. The summed E-state index contributed by atoms with van der Waals surface area (Å²) < 4.78 is 5.87. The summed E-state index contributed by atoms with van der Waals surface area (Å²) in [5.41, 5.74) is 5.08. The minimum Gasteiger partial charge on any atom is -0.436 e. The summed E-state index contributed by atoms with van der Waals surface area (Å²) in [4.78, 5) is 9.16. The lowest BCUT2D eigenvalue weighted by Gasteiger charge is -2.24. The summed E-state index contributed by atoms with van der Waals surface area (Å²) in [5, 5.41) is 1.02. The molecule has 0 unspecified atom stereocenters. The lowest BCUT2D eigenvalue weighted by molar-refractivity contribution is 0.443. The minimum atomic E-state index is 0.668. The molecule has 0 N–H and O–H groups in total. The molecule has 1 aliphatic heterocycles. The van der Waals surface area contributed by atoms with E-state index in [1.165, 1.54) is 0 Å². The van der Waals surface area contributed by atoms with E-state index in [9.17, 15) is 0 Å². The summed E-state index contributed by atoms with van der Waals surface area (Å²) in [7, 11) is 0. The Hall–Kier alpha value is -3.20. The third-order valence-corrected chi connectivity index (χ3v) is 4.13. The lowest BCUT2D eigenvalue weighted by atomic mass is 9.95. The standard InChI is InChI=1S/C20H12N2O/c1-3-7-13(8-4-1)16-18(14-9-5-2-6-10-14)22-15-11-12-21-20-17(15)19(16)23-20/h1-12H. The Morgan fingerprint density at radius 1 is 0.739 bits per heavy atom. The third kappa shape index (κ3) is 1.77. The van der Waals surface area contributed by atoms with Crippen molar-refractivity contribution in [2.75, 3.05) is 0 Å². The number of rotatable bonds is 2. The molecule has 1 aliphatic rings. The molecule has 2 aromatic heterocycles. The molecule has 3 heterocycles. The van der Waals surface area contributed by atoms with Gasteiger partial charge in [0.25, 0.3) is 0 Å². The Balaban J connectivity index is 1.90. The van der Waals surface area contributed by atoms with E-state index in [0.717, 1.165) is 39.0 Å². The maximum Gasteiger partial charge on any atom is 0.232 e. The van der Waals surface area contributed by atoms with Crippen molar-refractivity contribution < 1.29 is 4.74 Å². The third-order valence-electron chi connectivity index (χ3n) is 4.13. The van der Waals surface area contributed by atoms with Crippen LogP contribution in [0.4, 0.5) is 0 Å². The molecule has 0 amide bonds. The molecule has 0 radical (unpaired) electrons. The van der Waals surface area contributed by atoms with Gasteiger partial charge in [-0.05, 0) is 11.6 Å². The molecule has 3 heteroatoms. The molecule has 0 saturated carbocycles. The van der Waals surface area contributed by atoms with Gasteiger partial charge in [0.15, 0.2) is 5.75 Å². The zero-order chi connectivity index (χ0) is 15.2. The molecule has 0 aliphatic carbocycles.